The molecule has 1 aliphatic rings. The van der Waals surface area contributed by atoms with Crippen LogP contribution in [0.25, 0.3) is 0 Å². The normalized spacial score (nSPS) is 14.8. The quantitative estimate of drug-likeness (QED) is 0.861. The second-order valence-electron chi connectivity index (χ2n) is 5.95. The topological polar surface area (TPSA) is 49.6 Å². The van der Waals surface area contributed by atoms with Gasteiger partial charge in [-0.3, -0.25) is 4.79 Å². The maximum absolute atomic E-state index is 13.9. The largest absolute Gasteiger partial charge is 0.399 e. The van der Waals surface area contributed by atoms with Gasteiger partial charge < -0.3 is 15.5 Å². The summed E-state index contributed by atoms with van der Waals surface area (Å²) < 4.78 is 27.2. The lowest BCUT2D eigenvalue weighted by atomic mass is 10.1. The number of amides is 1. The summed E-state index contributed by atoms with van der Waals surface area (Å²) in [5.41, 5.74) is 8.00. The Bertz CT molecular complexity index is 771. The van der Waals surface area contributed by atoms with Gasteiger partial charge in [0.15, 0.2) is 0 Å². The number of rotatable bonds is 2. The number of benzene rings is 2. The van der Waals surface area contributed by atoms with Gasteiger partial charge in [-0.15, -0.1) is 0 Å². The van der Waals surface area contributed by atoms with Gasteiger partial charge in [-0.05, 0) is 36.8 Å². The van der Waals surface area contributed by atoms with Crippen molar-refractivity contribution < 1.29 is 13.6 Å². The van der Waals surface area contributed by atoms with Gasteiger partial charge >= 0.3 is 0 Å². The van der Waals surface area contributed by atoms with E-state index in [0.717, 1.165) is 17.7 Å². The minimum atomic E-state index is -0.472. The van der Waals surface area contributed by atoms with Crippen molar-refractivity contribution in [2.45, 2.75) is 6.92 Å². The predicted octanol–water partition coefficient (Wildman–Crippen LogP) is 2.82. The molecule has 0 aromatic heterocycles. The molecule has 1 aliphatic heterocycles. The van der Waals surface area contributed by atoms with Gasteiger partial charge in [0.25, 0.3) is 5.91 Å². The molecule has 0 radical (unpaired) electrons. The Morgan fingerprint density at radius 3 is 2.46 bits per heavy atom. The molecule has 0 unspecified atom stereocenters. The van der Waals surface area contributed by atoms with Crippen molar-refractivity contribution in [1.29, 1.82) is 0 Å². The number of nitrogens with two attached hydrogens (primary N) is 1. The molecule has 1 heterocycles. The molecular formula is C18H19F2N3O. The number of aryl methyl sites for hydroxylation is 1. The van der Waals surface area contributed by atoms with Crippen molar-refractivity contribution in [2.75, 3.05) is 36.8 Å². The second-order valence-corrected chi connectivity index (χ2v) is 5.95. The molecule has 2 N–H and O–H groups in total. The third kappa shape index (κ3) is 3.18. The summed E-state index contributed by atoms with van der Waals surface area (Å²) in [6, 6.07) is 8.67. The van der Waals surface area contributed by atoms with Gasteiger partial charge in [0.2, 0.25) is 0 Å². The monoisotopic (exact) mass is 331 g/mol. The molecule has 0 saturated carbocycles. The number of carbonyl (C=O) groups excluding carboxylic acids is 1. The minimum Gasteiger partial charge on any atom is -0.399 e. The molecule has 1 amide bonds. The fourth-order valence-corrected chi connectivity index (χ4v) is 2.92. The van der Waals surface area contributed by atoms with E-state index >= 15 is 0 Å². The zero-order valence-corrected chi connectivity index (χ0v) is 13.4. The van der Waals surface area contributed by atoms with Crippen LogP contribution in [-0.4, -0.2) is 37.0 Å². The molecule has 2 aromatic rings. The molecule has 1 fully saturated rings. The molecule has 3 rings (SSSR count). The van der Waals surface area contributed by atoms with Crippen LogP contribution in [0.3, 0.4) is 0 Å². The van der Waals surface area contributed by atoms with Gasteiger partial charge in [0.05, 0.1) is 5.69 Å². The summed E-state index contributed by atoms with van der Waals surface area (Å²) in [6.07, 6.45) is 0. The Hall–Kier alpha value is -2.63. The SMILES string of the molecule is Cc1ccc(N)cc1C(=O)N1CCN(c2cc(F)ccc2F)CC1. The number of nitrogens with zero attached hydrogens (tertiary/aromatic N) is 2. The number of piperazine rings is 1. The van der Waals surface area contributed by atoms with E-state index in [2.05, 4.69) is 0 Å². The number of hydrogen-bond acceptors (Lipinski definition) is 3. The second kappa shape index (κ2) is 6.47. The first-order valence-corrected chi connectivity index (χ1v) is 7.81. The predicted molar refractivity (Wildman–Crippen MR) is 90.1 cm³/mol. The van der Waals surface area contributed by atoms with Crippen LogP contribution >= 0.6 is 0 Å². The molecule has 126 valence electrons. The van der Waals surface area contributed by atoms with E-state index in [1.165, 1.54) is 6.07 Å². The molecule has 6 heteroatoms. The zero-order chi connectivity index (χ0) is 17.3. The summed E-state index contributed by atoms with van der Waals surface area (Å²) in [5, 5.41) is 0. The van der Waals surface area contributed by atoms with Crippen molar-refractivity contribution in [3.63, 3.8) is 0 Å². The Kier molecular flexibility index (Phi) is 4.38. The van der Waals surface area contributed by atoms with Crippen LogP contribution in [-0.2, 0) is 0 Å². The molecule has 1 saturated heterocycles. The smallest absolute Gasteiger partial charge is 0.254 e. The first-order valence-electron chi connectivity index (χ1n) is 7.81. The maximum Gasteiger partial charge on any atom is 0.254 e. The molecule has 0 spiro atoms. The van der Waals surface area contributed by atoms with Crippen LogP contribution in [0, 0.1) is 18.6 Å². The van der Waals surface area contributed by atoms with Crippen molar-refractivity contribution in [2.24, 2.45) is 0 Å². The van der Waals surface area contributed by atoms with Gasteiger partial charge in [0, 0.05) is 43.5 Å². The molecule has 0 bridgehead atoms. The van der Waals surface area contributed by atoms with Gasteiger partial charge in [-0.25, -0.2) is 8.78 Å². The lowest BCUT2D eigenvalue weighted by Gasteiger charge is -2.36. The number of nitrogen functional groups attached to an aromatic ring is 1. The molecule has 4 nitrogen and oxygen atoms in total. The highest BCUT2D eigenvalue weighted by Gasteiger charge is 2.24. The van der Waals surface area contributed by atoms with Gasteiger partial charge in [0.1, 0.15) is 11.6 Å². The average molecular weight is 331 g/mol. The highest BCUT2D eigenvalue weighted by molar-refractivity contribution is 5.96. The fraction of sp³-hybridized carbons (Fsp3) is 0.278. The van der Waals surface area contributed by atoms with Crippen LogP contribution < -0.4 is 10.6 Å². The standard InChI is InChI=1S/C18H19F2N3O/c1-12-2-4-14(21)11-15(12)18(24)23-8-6-22(7-9-23)17-10-13(19)3-5-16(17)20/h2-5,10-11H,6-9,21H2,1H3. The summed E-state index contributed by atoms with van der Waals surface area (Å²) in [7, 11) is 0. The minimum absolute atomic E-state index is 0.0841. The van der Waals surface area contributed by atoms with E-state index in [4.69, 9.17) is 5.73 Å². The number of hydrogen-bond donors (Lipinski definition) is 1. The van der Waals surface area contributed by atoms with E-state index < -0.39 is 11.6 Å². The Morgan fingerprint density at radius 2 is 1.75 bits per heavy atom. The average Bonchev–Trinajstić information content (AvgIpc) is 2.59. The van der Waals surface area contributed by atoms with Crippen LogP contribution in [0.4, 0.5) is 20.2 Å². The molecular weight excluding hydrogens is 312 g/mol. The summed E-state index contributed by atoms with van der Waals surface area (Å²) in [6.45, 7) is 3.66. The number of carbonyl (C=O) groups is 1. The Morgan fingerprint density at radius 1 is 1.04 bits per heavy atom. The van der Waals surface area contributed by atoms with Crippen molar-refractivity contribution in [3.05, 3.63) is 59.2 Å². The maximum atomic E-state index is 13.9. The molecule has 0 aliphatic carbocycles. The van der Waals surface area contributed by atoms with Crippen molar-refractivity contribution >= 4 is 17.3 Å². The van der Waals surface area contributed by atoms with Crippen molar-refractivity contribution in [3.8, 4) is 0 Å². The van der Waals surface area contributed by atoms with E-state index in [0.29, 0.717) is 37.4 Å². The van der Waals surface area contributed by atoms with E-state index in [9.17, 15) is 13.6 Å². The first kappa shape index (κ1) is 16.2. The van der Waals surface area contributed by atoms with Crippen LogP contribution in [0.15, 0.2) is 36.4 Å². The molecule has 24 heavy (non-hydrogen) atoms. The van der Waals surface area contributed by atoms with E-state index in [1.54, 1.807) is 21.9 Å². The first-order chi connectivity index (χ1) is 11.5. The van der Waals surface area contributed by atoms with E-state index in [1.807, 2.05) is 13.0 Å². The fourth-order valence-electron chi connectivity index (χ4n) is 2.92. The highest BCUT2D eigenvalue weighted by Crippen LogP contribution is 2.23. The Labute approximate surface area is 139 Å². The van der Waals surface area contributed by atoms with Gasteiger partial charge in [-0.1, -0.05) is 6.07 Å². The van der Waals surface area contributed by atoms with Gasteiger partial charge in [-0.2, -0.15) is 0 Å². The molecule has 0 atom stereocenters. The highest BCUT2D eigenvalue weighted by atomic mass is 19.1. The van der Waals surface area contributed by atoms with Crippen LogP contribution in [0.1, 0.15) is 15.9 Å². The third-order valence-electron chi connectivity index (χ3n) is 4.31. The summed E-state index contributed by atoms with van der Waals surface area (Å²) in [5.74, 6) is -1.01. The van der Waals surface area contributed by atoms with Crippen LogP contribution in [0.2, 0.25) is 0 Å². The lowest BCUT2D eigenvalue weighted by molar-refractivity contribution is 0.0746. The van der Waals surface area contributed by atoms with E-state index in [-0.39, 0.29) is 11.6 Å². The Balaban J connectivity index is 1.72. The summed E-state index contributed by atoms with van der Waals surface area (Å²) >= 11 is 0. The van der Waals surface area contributed by atoms with Crippen molar-refractivity contribution in [1.82, 2.24) is 4.90 Å². The lowest BCUT2D eigenvalue weighted by Crippen LogP contribution is -2.49. The molecule has 2 aromatic carbocycles. The third-order valence-corrected chi connectivity index (χ3v) is 4.31. The van der Waals surface area contributed by atoms with Crippen LogP contribution in [0.5, 0.6) is 0 Å². The number of halogens is 2. The zero-order valence-electron chi connectivity index (χ0n) is 13.4. The summed E-state index contributed by atoms with van der Waals surface area (Å²) in [4.78, 5) is 16.1. The number of anilines is 2.